The van der Waals surface area contributed by atoms with E-state index in [1.807, 2.05) is 0 Å². The van der Waals surface area contributed by atoms with E-state index in [0.29, 0.717) is 4.68 Å². The molecule has 0 saturated carbocycles. The largest absolute Gasteiger partial charge is 0.462 e. The highest BCUT2D eigenvalue weighted by atomic mass is 19.4. The fourth-order valence-electron chi connectivity index (χ4n) is 2.63. The summed E-state index contributed by atoms with van der Waals surface area (Å²) in [6.45, 7) is 1.42. The van der Waals surface area contributed by atoms with Gasteiger partial charge in [-0.3, -0.25) is 9.48 Å². The van der Waals surface area contributed by atoms with Gasteiger partial charge in [-0.05, 0) is 25.1 Å². The lowest BCUT2D eigenvalue weighted by Gasteiger charge is -2.13. The number of benzene rings is 1. The van der Waals surface area contributed by atoms with Crippen LogP contribution in [-0.4, -0.2) is 38.0 Å². The molecule has 29 heavy (non-hydrogen) atoms. The molecule has 0 unspecified atom stereocenters. The minimum absolute atomic E-state index is 0.0110. The number of esters is 1. The van der Waals surface area contributed by atoms with Crippen molar-refractivity contribution < 1.29 is 27.5 Å². The van der Waals surface area contributed by atoms with E-state index in [2.05, 4.69) is 20.3 Å². The van der Waals surface area contributed by atoms with Crippen molar-refractivity contribution in [1.29, 1.82) is 0 Å². The van der Waals surface area contributed by atoms with Crippen molar-refractivity contribution in [3.8, 4) is 5.69 Å². The van der Waals surface area contributed by atoms with Gasteiger partial charge in [-0.2, -0.15) is 23.4 Å². The Hall–Kier alpha value is -3.63. The van der Waals surface area contributed by atoms with Gasteiger partial charge < -0.3 is 10.1 Å². The number of nitrogens with zero attached hydrogens (tertiary/aromatic N) is 4. The highest BCUT2D eigenvalue weighted by molar-refractivity contribution is 6.04. The highest BCUT2D eigenvalue weighted by Gasteiger charge is 2.41. The van der Waals surface area contributed by atoms with Crippen molar-refractivity contribution in [1.82, 2.24) is 19.6 Å². The summed E-state index contributed by atoms with van der Waals surface area (Å²) in [7, 11) is 1.65. The van der Waals surface area contributed by atoms with Crippen LogP contribution in [0.4, 0.5) is 18.9 Å². The molecule has 2 aromatic heterocycles. The number of hydrogen-bond donors (Lipinski definition) is 1. The molecular weight excluding hydrogens is 391 g/mol. The maximum Gasteiger partial charge on any atom is 0.434 e. The molecule has 0 fully saturated rings. The molecule has 3 rings (SSSR count). The Labute approximate surface area is 162 Å². The van der Waals surface area contributed by atoms with Crippen LogP contribution in [0.3, 0.4) is 0 Å². The average Bonchev–Trinajstić information content (AvgIpc) is 3.28. The van der Waals surface area contributed by atoms with E-state index in [-0.39, 0.29) is 23.5 Å². The summed E-state index contributed by atoms with van der Waals surface area (Å²) in [4.78, 5) is 24.1. The molecule has 0 radical (unpaired) electrons. The first-order valence-electron chi connectivity index (χ1n) is 8.43. The summed E-state index contributed by atoms with van der Waals surface area (Å²) in [6, 6.07) is 5.66. The molecule has 8 nitrogen and oxygen atoms in total. The van der Waals surface area contributed by atoms with Gasteiger partial charge in [0.15, 0.2) is 5.69 Å². The number of aromatic nitrogens is 4. The third kappa shape index (κ3) is 4.28. The van der Waals surface area contributed by atoms with Crippen LogP contribution in [0, 0.1) is 0 Å². The first kappa shape index (κ1) is 20.1. The molecule has 0 aliphatic carbocycles. The number of amides is 1. The molecule has 3 aromatic rings. The van der Waals surface area contributed by atoms with Crippen LogP contribution >= 0.6 is 0 Å². The normalized spacial score (nSPS) is 11.3. The van der Waals surface area contributed by atoms with Crippen LogP contribution in [0.2, 0.25) is 0 Å². The van der Waals surface area contributed by atoms with Crippen molar-refractivity contribution in [3.63, 3.8) is 0 Å². The molecule has 1 amide bonds. The Bertz CT molecular complexity index is 1060. The van der Waals surface area contributed by atoms with Gasteiger partial charge in [0.2, 0.25) is 0 Å². The van der Waals surface area contributed by atoms with Crippen LogP contribution in [-0.2, 0) is 18.0 Å². The summed E-state index contributed by atoms with van der Waals surface area (Å²) in [5.41, 5.74) is -1.40. The number of hydrogen-bond acceptors (Lipinski definition) is 5. The van der Waals surface area contributed by atoms with Crippen LogP contribution in [0.25, 0.3) is 5.69 Å². The highest BCUT2D eigenvalue weighted by Crippen LogP contribution is 2.34. The summed E-state index contributed by atoms with van der Waals surface area (Å²) >= 11 is 0. The van der Waals surface area contributed by atoms with Crippen LogP contribution in [0.15, 0.2) is 42.9 Å². The SMILES string of the molecule is CCOC(=O)c1cnn(-c2cccc(NC(=O)c3cnn(C)c3)c2)c1C(F)(F)F. The van der Waals surface area contributed by atoms with Crippen LogP contribution in [0.5, 0.6) is 0 Å². The number of anilines is 1. The maximum absolute atomic E-state index is 13.6. The zero-order valence-electron chi connectivity index (χ0n) is 15.4. The van der Waals surface area contributed by atoms with Gasteiger partial charge in [0.1, 0.15) is 5.56 Å². The number of alkyl halides is 3. The monoisotopic (exact) mass is 407 g/mol. The molecule has 2 heterocycles. The zero-order chi connectivity index (χ0) is 21.2. The van der Waals surface area contributed by atoms with Gasteiger partial charge in [-0.1, -0.05) is 6.07 Å². The molecule has 0 bridgehead atoms. The lowest BCUT2D eigenvalue weighted by atomic mass is 10.2. The van der Waals surface area contributed by atoms with E-state index < -0.39 is 29.3 Å². The maximum atomic E-state index is 13.6. The Kier molecular flexibility index (Phi) is 5.39. The minimum atomic E-state index is -4.85. The molecule has 11 heteroatoms. The third-order valence-electron chi connectivity index (χ3n) is 3.85. The van der Waals surface area contributed by atoms with E-state index in [1.54, 1.807) is 7.05 Å². The number of nitrogens with one attached hydrogen (secondary N) is 1. The average molecular weight is 407 g/mol. The van der Waals surface area contributed by atoms with Crippen molar-refractivity contribution in [3.05, 3.63) is 59.7 Å². The first-order valence-corrected chi connectivity index (χ1v) is 8.43. The molecule has 0 atom stereocenters. The van der Waals surface area contributed by atoms with E-state index in [0.717, 1.165) is 6.20 Å². The predicted molar refractivity (Wildman–Crippen MR) is 95.7 cm³/mol. The number of carbonyl (C=O) groups excluding carboxylic acids is 2. The van der Waals surface area contributed by atoms with E-state index in [1.165, 1.54) is 48.3 Å². The summed E-state index contributed by atoms with van der Waals surface area (Å²) in [5, 5.41) is 10.2. The number of ether oxygens (including phenoxy) is 1. The number of halogens is 3. The summed E-state index contributed by atoms with van der Waals surface area (Å²) in [6.07, 6.45) is -1.19. The lowest BCUT2D eigenvalue weighted by Crippen LogP contribution is -2.18. The van der Waals surface area contributed by atoms with E-state index in [4.69, 9.17) is 0 Å². The second-order valence-electron chi connectivity index (χ2n) is 5.94. The Balaban J connectivity index is 1.96. The Morgan fingerprint density at radius 3 is 2.59 bits per heavy atom. The molecule has 1 aromatic carbocycles. The van der Waals surface area contributed by atoms with Gasteiger partial charge in [0, 0.05) is 18.9 Å². The topological polar surface area (TPSA) is 91.0 Å². The second-order valence-corrected chi connectivity index (χ2v) is 5.94. The fraction of sp³-hybridized carbons (Fsp3) is 0.222. The summed E-state index contributed by atoms with van der Waals surface area (Å²) < 4.78 is 47.6. The zero-order valence-corrected chi connectivity index (χ0v) is 15.4. The molecule has 0 saturated heterocycles. The third-order valence-corrected chi connectivity index (χ3v) is 3.85. The van der Waals surface area contributed by atoms with Crippen molar-refractivity contribution in [2.45, 2.75) is 13.1 Å². The van der Waals surface area contributed by atoms with Gasteiger partial charge in [-0.25, -0.2) is 9.48 Å². The minimum Gasteiger partial charge on any atom is -0.462 e. The smallest absolute Gasteiger partial charge is 0.434 e. The number of rotatable bonds is 5. The Morgan fingerprint density at radius 2 is 1.97 bits per heavy atom. The molecule has 0 aliphatic heterocycles. The van der Waals surface area contributed by atoms with E-state index in [9.17, 15) is 22.8 Å². The van der Waals surface area contributed by atoms with Crippen LogP contribution < -0.4 is 5.32 Å². The first-order chi connectivity index (χ1) is 13.7. The predicted octanol–water partition coefficient (Wildman–Crippen LogP) is 3.05. The standard InChI is InChI=1S/C18H16F3N5O3/c1-3-29-17(28)14-9-23-26(15(14)18(19,20)21)13-6-4-5-12(7-13)24-16(27)11-8-22-25(2)10-11/h4-10H,3H2,1-2H3,(H,24,27). The van der Waals surface area contributed by atoms with Gasteiger partial charge in [-0.15, -0.1) is 0 Å². The van der Waals surface area contributed by atoms with Crippen LogP contribution in [0.1, 0.15) is 33.3 Å². The molecule has 0 aliphatic rings. The molecular formula is C18H16F3N5O3. The quantitative estimate of drug-likeness (QED) is 0.657. The van der Waals surface area contributed by atoms with Gasteiger partial charge in [0.05, 0.1) is 30.3 Å². The van der Waals surface area contributed by atoms with Crippen molar-refractivity contribution >= 4 is 17.6 Å². The van der Waals surface area contributed by atoms with Gasteiger partial charge >= 0.3 is 12.1 Å². The van der Waals surface area contributed by atoms with Crippen molar-refractivity contribution in [2.24, 2.45) is 7.05 Å². The lowest BCUT2D eigenvalue weighted by molar-refractivity contribution is -0.143. The Morgan fingerprint density at radius 1 is 1.21 bits per heavy atom. The second kappa shape index (κ2) is 7.78. The summed E-state index contributed by atoms with van der Waals surface area (Å²) in [5.74, 6) is -1.59. The molecule has 1 N–H and O–H groups in total. The van der Waals surface area contributed by atoms with E-state index >= 15 is 0 Å². The number of aryl methyl sites for hydroxylation is 1. The molecule has 0 spiro atoms. The van der Waals surface area contributed by atoms with Crippen molar-refractivity contribution in [2.75, 3.05) is 11.9 Å². The number of carbonyl (C=O) groups is 2. The van der Waals surface area contributed by atoms with Gasteiger partial charge in [0.25, 0.3) is 5.91 Å². The molecule has 152 valence electrons. The fourth-order valence-corrected chi connectivity index (χ4v) is 2.63.